The van der Waals surface area contributed by atoms with Crippen molar-refractivity contribution in [1.29, 1.82) is 0 Å². The average Bonchev–Trinajstić information content (AvgIpc) is 2.55. The van der Waals surface area contributed by atoms with Gasteiger partial charge in [-0.1, -0.05) is 61.9 Å². The summed E-state index contributed by atoms with van der Waals surface area (Å²) in [5.41, 5.74) is 3.04. The molecular formula is C19H25N2O+. The van der Waals surface area contributed by atoms with Gasteiger partial charge >= 0.3 is 0 Å². The topological polar surface area (TPSA) is 45.7 Å². The maximum absolute atomic E-state index is 12.2. The van der Waals surface area contributed by atoms with Crippen LogP contribution in [0.1, 0.15) is 26.7 Å². The van der Waals surface area contributed by atoms with E-state index in [1.165, 1.54) is 0 Å². The summed E-state index contributed by atoms with van der Waals surface area (Å²) in [6.45, 7) is 4.79. The number of nitrogens with one attached hydrogen (secondary N) is 1. The molecule has 0 aliphatic carbocycles. The summed E-state index contributed by atoms with van der Waals surface area (Å²) in [7, 11) is 0. The Morgan fingerprint density at radius 3 is 2.50 bits per heavy atom. The van der Waals surface area contributed by atoms with Crippen LogP contribution in [-0.4, -0.2) is 18.5 Å². The quantitative estimate of drug-likeness (QED) is 0.810. The van der Waals surface area contributed by atoms with Crippen molar-refractivity contribution in [3.8, 4) is 11.1 Å². The highest BCUT2D eigenvalue weighted by atomic mass is 16.1. The van der Waals surface area contributed by atoms with Gasteiger partial charge in [0.1, 0.15) is 0 Å². The van der Waals surface area contributed by atoms with Gasteiger partial charge in [-0.3, -0.25) is 4.79 Å². The highest BCUT2D eigenvalue weighted by molar-refractivity contribution is 5.95. The number of quaternary nitrogens is 1. The molecule has 0 radical (unpaired) electrons. The molecule has 0 bridgehead atoms. The van der Waals surface area contributed by atoms with Gasteiger partial charge in [-0.25, -0.2) is 0 Å². The zero-order valence-corrected chi connectivity index (χ0v) is 13.4. The van der Waals surface area contributed by atoms with Crippen molar-refractivity contribution in [2.45, 2.75) is 32.7 Å². The van der Waals surface area contributed by atoms with E-state index in [0.717, 1.165) is 29.7 Å². The molecule has 0 aliphatic rings. The Morgan fingerprint density at radius 2 is 1.77 bits per heavy atom. The first kappa shape index (κ1) is 16.2. The number of nitrogens with two attached hydrogens (primary N) is 1. The third-order valence-corrected chi connectivity index (χ3v) is 3.74. The Morgan fingerprint density at radius 1 is 1.09 bits per heavy atom. The van der Waals surface area contributed by atoms with Crippen molar-refractivity contribution in [3.63, 3.8) is 0 Å². The first-order valence-electron chi connectivity index (χ1n) is 7.98. The minimum atomic E-state index is 0.0475. The van der Waals surface area contributed by atoms with Crippen molar-refractivity contribution < 1.29 is 10.1 Å². The fraction of sp³-hybridized carbons (Fsp3) is 0.316. The predicted octanol–water partition coefficient (Wildman–Crippen LogP) is 3.04. The van der Waals surface area contributed by atoms with Gasteiger partial charge in [0.15, 0.2) is 6.54 Å². The molecule has 3 nitrogen and oxygen atoms in total. The Kier molecular flexibility index (Phi) is 6.16. The van der Waals surface area contributed by atoms with E-state index in [9.17, 15) is 4.79 Å². The minimum Gasteiger partial charge on any atom is -0.336 e. The van der Waals surface area contributed by atoms with Crippen molar-refractivity contribution in [2.24, 2.45) is 0 Å². The molecule has 0 saturated carbocycles. The summed E-state index contributed by atoms with van der Waals surface area (Å²) in [6, 6.07) is 18.5. The molecule has 0 fully saturated rings. The third kappa shape index (κ3) is 4.71. The number of hydrogen-bond acceptors (Lipinski definition) is 1. The van der Waals surface area contributed by atoms with Crippen LogP contribution in [0.5, 0.6) is 0 Å². The van der Waals surface area contributed by atoms with Crippen LogP contribution in [0, 0.1) is 0 Å². The molecule has 0 saturated heterocycles. The fourth-order valence-corrected chi connectivity index (χ4v) is 2.54. The Hall–Kier alpha value is -2.13. The van der Waals surface area contributed by atoms with Gasteiger partial charge in [-0.05, 0) is 25.0 Å². The predicted molar refractivity (Wildman–Crippen MR) is 91.7 cm³/mol. The van der Waals surface area contributed by atoms with Crippen LogP contribution in [0.2, 0.25) is 0 Å². The van der Waals surface area contributed by atoms with Crippen LogP contribution >= 0.6 is 0 Å². The molecule has 0 spiro atoms. The Bertz CT molecular complexity index is 595. The summed E-state index contributed by atoms with van der Waals surface area (Å²) in [5.74, 6) is 0.0475. The molecule has 0 aliphatic heterocycles. The molecular weight excluding hydrogens is 272 g/mol. The Balaban J connectivity index is 2.03. The van der Waals surface area contributed by atoms with Crippen LogP contribution < -0.4 is 10.6 Å². The van der Waals surface area contributed by atoms with Gasteiger partial charge in [0.2, 0.25) is 0 Å². The molecule has 2 aromatic carbocycles. The van der Waals surface area contributed by atoms with E-state index in [4.69, 9.17) is 0 Å². The van der Waals surface area contributed by atoms with Crippen molar-refractivity contribution >= 4 is 11.6 Å². The monoisotopic (exact) mass is 297 g/mol. The number of rotatable bonds is 7. The number of anilines is 1. The third-order valence-electron chi connectivity index (χ3n) is 3.74. The number of carbonyl (C=O) groups is 1. The summed E-state index contributed by atoms with van der Waals surface area (Å²) < 4.78 is 0. The van der Waals surface area contributed by atoms with E-state index >= 15 is 0 Å². The highest BCUT2D eigenvalue weighted by Crippen LogP contribution is 2.27. The molecule has 3 N–H and O–H groups in total. The molecule has 0 aromatic heterocycles. The fourth-order valence-electron chi connectivity index (χ4n) is 2.54. The lowest BCUT2D eigenvalue weighted by Crippen LogP contribution is -2.91. The van der Waals surface area contributed by atoms with Crippen molar-refractivity contribution in [2.75, 3.05) is 11.9 Å². The Labute approximate surface area is 132 Å². The second-order valence-electron chi connectivity index (χ2n) is 5.67. The van der Waals surface area contributed by atoms with Crippen molar-refractivity contribution in [3.05, 3.63) is 54.6 Å². The summed E-state index contributed by atoms with van der Waals surface area (Å²) in [6.07, 6.45) is 2.28. The SMILES string of the molecule is CCC[C@H](C)[NH2+]CC(=O)Nc1ccccc1-c1ccccc1. The first-order chi connectivity index (χ1) is 10.7. The highest BCUT2D eigenvalue weighted by Gasteiger charge is 2.11. The van der Waals surface area contributed by atoms with Gasteiger partial charge in [-0.2, -0.15) is 0 Å². The standard InChI is InChI=1S/C19H24N2O/c1-3-9-15(2)20-14-19(22)21-18-13-8-7-12-17(18)16-10-5-4-6-11-16/h4-8,10-13,15,20H,3,9,14H2,1-2H3,(H,21,22)/p+1/t15-/m0/s1. The molecule has 1 amide bonds. The molecule has 3 heteroatoms. The molecule has 2 aromatic rings. The molecule has 22 heavy (non-hydrogen) atoms. The van der Waals surface area contributed by atoms with Crippen LogP contribution in [0.4, 0.5) is 5.69 Å². The number of carbonyl (C=O) groups excluding carboxylic acids is 1. The van der Waals surface area contributed by atoms with Gasteiger partial charge in [0.25, 0.3) is 5.91 Å². The van der Waals surface area contributed by atoms with E-state index in [2.05, 4.69) is 36.6 Å². The summed E-state index contributed by atoms with van der Waals surface area (Å²) in [5, 5.41) is 5.14. The summed E-state index contributed by atoms with van der Waals surface area (Å²) >= 11 is 0. The van der Waals surface area contributed by atoms with E-state index < -0.39 is 0 Å². The number of amides is 1. The molecule has 1 atom stereocenters. The van der Waals surface area contributed by atoms with Gasteiger partial charge in [-0.15, -0.1) is 0 Å². The average molecular weight is 297 g/mol. The largest absolute Gasteiger partial charge is 0.336 e. The maximum Gasteiger partial charge on any atom is 0.279 e. The van der Waals surface area contributed by atoms with Crippen LogP contribution in [0.15, 0.2) is 54.6 Å². The number of para-hydroxylation sites is 1. The van der Waals surface area contributed by atoms with E-state index in [1.54, 1.807) is 0 Å². The molecule has 116 valence electrons. The normalized spacial score (nSPS) is 11.9. The lowest BCUT2D eigenvalue weighted by molar-refractivity contribution is -0.676. The zero-order chi connectivity index (χ0) is 15.8. The molecule has 2 rings (SSSR count). The van der Waals surface area contributed by atoms with Crippen LogP contribution in [-0.2, 0) is 4.79 Å². The van der Waals surface area contributed by atoms with Gasteiger partial charge in [0.05, 0.1) is 6.04 Å². The van der Waals surface area contributed by atoms with Gasteiger partial charge in [0, 0.05) is 11.3 Å². The number of benzene rings is 2. The number of hydrogen-bond donors (Lipinski definition) is 2. The van der Waals surface area contributed by atoms with Crippen LogP contribution in [0.3, 0.4) is 0 Å². The van der Waals surface area contributed by atoms with E-state index in [0.29, 0.717) is 12.6 Å². The second kappa shape index (κ2) is 8.35. The minimum absolute atomic E-state index is 0.0475. The molecule has 0 heterocycles. The lowest BCUT2D eigenvalue weighted by atomic mass is 10.0. The zero-order valence-electron chi connectivity index (χ0n) is 13.4. The lowest BCUT2D eigenvalue weighted by Gasteiger charge is -2.12. The maximum atomic E-state index is 12.2. The van der Waals surface area contributed by atoms with E-state index in [-0.39, 0.29) is 5.91 Å². The van der Waals surface area contributed by atoms with Gasteiger partial charge < -0.3 is 10.6 Å². The van der Waals surface area contributed by atoms with Crippen molar-refractivity contribution in [1.82, 2.24) is 0 Å². The molecule has 0 unspecified atom stereocenters. The van der Waals surface area contributed by atoms with Crippen LogP contribution in [0.25, 0.3) is 11.1 Å². The summed E-state index contributed by atoms with van der Waals surface area (Å²) in [4.78, 5) is 12.2. The first-order valence-corrected chi connectivity index (χ1v) is 7.98. The second-order valence-corrected chi connectivity index (χ2v) is 5.67. The van der Waals surface area contributed by atoms with E-state index in [1.807, 2.05) is 42.5 Å². The smallest absolute Gasteiger partial charge is 0.279 e.